The molecule has 0 atom stereocenters. The van der Waals surface area contributed by atoms with Crippen LogP contribution >= 0.6 is 0 Å². The third-order valence-corrected chi connectivity index (χ3v) is 2.46. The molecule has 4 heteroatoms. The summed E-state index contributed by atoms with van der Waals surface area (Å²) < 4.78 is 10.1. The topological polar surface area (TPSA) is 59.7 Å². The van der Waals surface area contributed by atoms with E-state index in [9.17, 15) is 9.90 Å². The number of ether oxygens (including phenoxy) is 1. The lowest BCUT2D eigenvalue weighted by Crippen LogP contribution is -1.99. The highest BCUT2D eigenvalue weighted by Crippen LogP contribution is 2.21. The van der Waals surface area contributed by atoms with Crippen molar-refractivity contribution in [3.05, 3.63) is 54.0 Å². The maximum atomic E-state index is 11.2. The summed E-state index contributed by atoms with van der Waals surface area (Å²) in [5, 5.41) is 9.21. The van der Waals surface area contributed by atoms with Crippen LogP contribution in [0.25, 0.3) is 11.6 Å². The Bertz CT molecular complexity index is 550. The molecule has 0 aliphatic heterocycles. The highest BCUT2D eigenvalue weighted by atomic mass is 16.5. The molecule has 0 aliphatic rings. The van der Waals surface area contributed by atoms with Crippen LogP contribution in [0.1, 0.15) is 11.3 Å². The van der Waals surface area contributed by atoms with Gasteiger partial charge in [0.15, 0.2) is 0 Å². The maximum Gasteiger partial charge on any atom is 0.336 e. The van der Waals surface area contributed by atoms with Gasteiger partial charge in [-0.25, -0.2) is 4.79 Å². The second-order valence-electron chi connectivity index (χ2n) is 3.61. The van der Waals surface area contributed by atoms with Crippen LogP contribution in [0.15, 0.2) is 47.1 Å². The van der Waals surface area contributed by atoms with Gasteiger partial charge in [-0.3, -0.25) is 0 Å². The Balaban J connectivity index is 2.38. The molecular weight excluding hydrogens is 232 g/mol. The van der Waals surface area contributed by atoms with Gasteiger partial charge in [0.1, 0.15) is 11.5 Å². The van der Waals surface area contributed by atoms with Crippen LogP contribution in [0.5, 0.6) is 5.75 Å². The Hall–Kier alpha value is -2.49. The van der Waals surface area contributed by atoms with Gasteiger partial charge in [0.2, 0.25) is 0 Å². The van der Waals surface area contributed by atoms with Crippen molar-refractivity contribution in [1.29, 1.82) is 0 Å². The first-order valence-electron chi connectivity index (χ1n) is 5.33. The lowest BCUT2D eigenvalue weighted by molar-refractivity contribution is -0.130. The normalized spacial score (nSPS) is 11.3. The van der Waals surface area contributed by atoms with Crippen LogP contribution in [0.3, 0.4) is 0 Å². The first kappa shape index (κ1) is 12.0. The molecule has 1 aromatic carbocycles. The van der Waals surface area contributed by atoms with Crippen molar-refractivity contribution in [2.45, 2.75) is 0 Å². The second-order valence-corrected chi connectivity index (χ2v) is 3.61. The molecule has 2 aromatic rings. The minimum Gasteiger partial charge on any atom is -0.497 e. The number of methoxy groups -OCH3 is 1. The van der Waals surface area contributed by atoms with Crippen molar-refractivity contribution >= 4 is 17.6 Å². The molecule has 0 fully saturated rings. The van der Waals surface area contributed by atoms with Crippen molar-refractivity contribution in [1.82, 2.24) is 0 Å². The Labute approximate surface area is 104 Å². The molecule has 18 heavy (non-hydrogen) atoms. The van der Waals surface area contributed by atoms with Gasteiger partial charge in [-0.15, -0.1) is 0 Å². The van der Waals surface area contributed by atoms with Crippen molar-refractivity contribution in [3.63, 3.8) is 0 Å². The van der Waals surface area contributed by atoms with Gasteiger partial charge in [-0.05, 0) is 35.9 Å². The third kappa shape index (κ3) is 2.60. The molecular formula is C14H12O4. The average molecular weight is 244 g/mol. The van der Waals surface area contributed by atoms with E-state index in [0.29, 0.717) is 17.1 Å². The highest BCUT2D eigenvalue weighted by Gasteiger charge is 2.11. The molecule has 1 N–H and O–H groups in total. The van der Waals surface area contributed by atoms with E-state index in [1.165, 1.54) is 12.3 Å². The van der Waals surface area contributed by atoms with Crippen molar-refractivity contribution in [2.24, 2.45) is 0 Å². The van der Waals surface area contributed by atoms with E-state index >= 15 is 0 Å². The molecule has 0 saturated carbocycles. The van der Waals surface area contributed by atoms with E-state index in [0.717, 1.165) is 0 Å². The molecule has 0 bridgehead atoms. The molecule has 0 radical (unpaired) electrons. The number of carbonyl (C=O) groups is 1. The van der Waals surface area contributed by atoms with Crippen LogP contribution in [-0.4, -0.2) is 18.2 Å². The minimum atomic E-state index is -1.00. The van der Waals surface area contributed by atoms with Gasteiger partial charge < -0.3 is 14.3 Å². The van der Waals surface area contributed by atoms with Gasteiger partial charge in [-0.2, -0.15) is 0 Å². The fourth-order valence-electron chi connectivity index (χ4n) is 1.55. The predicted octanol–water partition coefficient (Wildman–Crippen LogP) is 2.91. The maximum absolute atomic E-state index is 11.2. The van der Waals surface area contributed by atoms with E-state index < -0.39 is 5.97 Å². The van der Waals surface area contributed by atoms with E-state index in [4.69, 9.17) is 9.15 Å². The first-order chi connectivity index (χ1) is 8.70. The van der Waals surface area contributed by atoms with Gasteiger partial charge >= 0.3 is 5.97 Å². The van der Waals surface area contributed by atoms with Gasteiger partial charge in [0.05, 0.1) is 18.9 Å². The number of hydrogen-bond acceptors (Lipinski definition) is 3. The molecule has 4 nitrogen and oxygen atoms in total. The van der Waals surface area contributed by atoms with E-state index in [1.807, 2.05) is 0 Å². The monoisotopic (exact) mass is 244 g/mol. The summed E-state index contributed by atoms with van der Waals surface area (Å²) in [5.74, 6) is 0.182. The number of carboxylic acids is 1. The molecule has 0 unspecified atom stereocenters. The van der Waals surface area contributed by atoms with Gasteiger partial charge in [0.25, 0.3) is 0 Å². The molecule has 92 valence electrons. The number of rotatable bonds is 4. The summed E-state index contributed by atoms with van der Waals surface area (Å²) in [6, 6.07) is 10.2. The van der Waals surface area contributed by atoms with Crippen LogP contribution in [0.4, 0.5) is 0 Å². The highest BCUT2D eigenvalue weighted by molar-refractivity contribution is 6.20. The quantitative estimate of drug-likeness (QED) is 0.840. The zero-order valence-corrected chi connectivity index (χ0v) is 9.79. The Morgan fingerprint density at radius 1 is 1.28 bits per heavy atom. The number of furan rings is 1. The van der Waals surface area contributed by atoms with Crippen LogP contribution in [0.2, 0.25) is 0 Å². The zero-order valence-electron chi connectivity index (χ0n) is 9.79. The summed E-state index contributed by atoms with van der Waals surface area (Å²) in [7, 11) is 1.56. The summed E-state index contributed by atoms with van der Waals surface area (Å²) in [4.78, 5) is 11.2. The largest absolute Gasteiger partial charge is 0.497 e. The van der Waals surface area contributed by atoms with Crippen LogP contribution in [0, 0.1) is 0 Å². The standard InChI is InChI=1S/C14H12O4/c1-17-11-6-4-10(5-7-11)13(14(15)16)9-12-3-2-8-18-12/h2-9H,1H3,(H,15,16). The van der Waals surface area contributed by atoms with Crippen molar-refractivity contribution < 1.29 is 19.1 Å². The predicted molar refractivity (Wildman–Crippen MR) is 67.2 cm³/mol. The molecule has 1 heterocycles. The van der Waals surface area contributed by atoms with E-state index in [1.54, 1.807) is 43.5 Å². The zero-order chi connectivity index (χ0) is 13.0. The van der Waals surface area contributed by atoms with Crippen LogP contribution in [-0.2, 0) is 4.79 Å². The Morgan fingerprint density at radius 3 is 2.50 bits per heavy atom. The van der Waals surface area contributed by atoms with E-state index in [2.05, 4.69) is 0 Å². The molecule has 0 aliphatic carbocycles. The van der Waals surface area contributed by atoms with Crippen LogP contribution < -0.4 is 4.74 Å². The van der Waals surface area contributed by atoms with Gasteiger partial charge in [-0.1, -0.05) is 12.1 Å². The number of hydrogen-bond donors (Lipinski definition) is 1. The number of benzene rings is 1. The lowest BCUT2D eigenvalue weighted by atomic mass is 10.1. The molecule has 2 rings (SSSR count). The second kappa shape index (κ2) is 5.23. The lowest BCUT2D eigenvalue weighted by Gasteiger charge is -2.04. The summed E-state index contributed by atoms with van der Waals surface area (Å²) in [6.45, 7) is 0. The average Bonchev–Trinajstić information content (AvgIpc) is 2.89. The van der Waals surface area contributed by atoms with Crippen molar-refractivity contribution in [3.8, 4) is 5.75 Å². The third-order valence-electron chi connectivity index (χ3n) is 2.46. The number of aliphatic carboxylic acids is 1. The summed E-state index contributed by atoms with van der Waals surface area (Å²) >= 11 is 0. The Morgan fingerprint density at radius 2 is 2.00 bits per heavy atom. The van der Waals surface area contributed by atoms with Gasteiger partial charge in [0, 0.05) is 0 Å². The molecule has 0 spiro atoms. The SMILES string of the molecule is COc1ccc(C(=Cc2ccco2)C(=O)O)cc1. The smallest absolute Gasteiger partial charge is 0.336 e. The van der Waals surface area contributed by atoms with Crippen molar-refractivity contribution in [2.75, 3.05) is 7.11 Å². The summed E-state index contributed by atoms with van der Waals surface area (Å²) in [6.07, 6.45) is 2.99. The summed E-state index contributed by atoms with van der Waals surface area (Å²) in [5.41, 5.74) is 0.771. The minimum absolute atomic E-state index is 0.174. The molecule has 0 saturated heterocycles. The fraction of sp³-hybridized carbons (Fsp3) is 0.0714. The molecule has 0 amide bonds. The fourth-order valence-corrected chi connectivity index (χ4v) is 1.55. The van der Waals surface area contributed by atoms with E-state index in [-0.39, 0.29) is 5.57 Å². The first-order valence-corrected chi connectivity index (χ1v) is 5.33. The number of carboxylic acid groups (broad SMARTS) is 1. The Kier molecular flexibility index (Phi) is 3.48. The molecule has 1 aromatic heterocycles.